The maximum Gasteiger partial charge on any atom is 0.300 e. The zero-order valence-corrected chi connectivity index (χ0v) is 8.17. The van der Waals surface area contributed by atoms with Crippen molar-refractivity contribution in [2.45, 2.75) is 13.8 Å². The highest BCUT2D eigenvalue weighted by Gasteiger charge is 1.93. The predicted molar refractivity (Wildman–Crippen MR) is 51.2 cm³/mol. The fourth-order valence-corrected chi connectivity index (χ4v) is 0.749. The minimum absolute atomic E-state index is 0.252. The van der Waals surface area contributed by atoms with E-state index in [1.54, 1.807) is 12.1 Å². The molecule has 2 N–H and O–H groups in total. The molecule has 0 bridgehead atoms. The van der Waals surface area contributed by atoms with Crippen LogP contribution in [0.25, 0.3) is 0 Å². The molecule has 0 saturated carbocycles. The molecule has 0 amide bonds. The van der Waals surface area contributed by atoms with Crippen molar-refractivity contribution in [1.82, 2.24) is 0 Å². The summed E-state index contributed by atoms with van der Waals surface area (Å²) in [5.41, 5.74) is 0.847. The van der Waals surface area contributed by atoms with E-state index in [2.05, 4.69) is 0 Å². The standard InChI is InChI=1S/C7H7ClO.C2H4O2/c1-5-2-3-6(8)4-7(5)9;1-2(3)4/h2-4,9H,1H3;1H3,(H,3,4). The van der Waals surface area contributed by atoms with Gasteiger partial charge < -0.3 is 10.2 Å². The minimum Gasteiger partial charge on any atom is -0.508 e. The average molecular weight is 203 g/mol. The molecule has 0 spiro atoms. The Kier molecular flexibility index (Phi) is 4.92. The first-order valence-electron chi connectivity index (χ1n) is 3.58. The van der Waals surface area contributed by atoms with E-state index in [4.69, 9.17) is 26.6 Å². The molecule has 0 saturated heterocycles. The van der Waals surface area contributed by atoms with Crippen LogP contribution < -0.4 is 0 Å². The highest BCUT2D eigenvalue weighted by Crippen LogP contribution is 2.20. The number of carbonyl (C=O) groups is 1. The summed E-state index contributed by atoms with van der Waals surface area (Å²) in [4.78, 5) is 9.00. The van der Waals surface area contributed by atoms with Gasteiger partial charge in [0.2, 0.25) is 0 Å². The summed E-state index contributed by atoms with van der Waals surface area (Å²) in [7, 11) is 0. The lowest BCUT2D eigenvalue weighted by Crippen LogP contribution is -1.78. The van der Waals surface area contributed by atoms with Crippen molar-refractivity contribution in [2.24, 2.45) is 0 Å². The molecule has 4 heteroatoms. The summed E-state index contributed by atoms with van der Waals surface area (Å²) in [5.74, 6) is -0.581. The first-order valence-corrected chi connectivity index (χ1v) is 3.96. The molecule has 0 radical (unpaired) electrons. The molecule has 0 atom stereocenters. The van der Waals surface area contributed by atoms with Crippen LogP contribution in [-0.4, -0.2) is 16.2 Å². The van der Waals surface area contributed by atoms with Crippen molar-refractivity contribution in [3.63, 3.8) is 0 Å². The average Bonchev–Trinajstić information content (AvgIpc) is 1.96. The molecule has 1 rings (SSSR count). The second-order valence-electron chi connectivity index (χ2n) is 2.45. The Hall–Kier alpha value is -1.22. The van der Waals surface area contributed by atoms with Crippen LogP contribution >= 0.6 is 11.6 Å². The van der Waals surface area contributed by atoms with Crippen LogP contribution in [0.2, 0.25) is 5.02 Å². The normalized spacial score (nSPS) is 8.54. The fraction of sp³-hybridized carbons (Fsp3) is 0.222. The van der Waals surface area contributed by atoms with Crippen LogP contribution in [-0.2, 0) is 4.79 Å². The van der Waals surface area contributed by atoms with Gasteiger partial charge in [-0.05, 0) is 24.6 Å². The van der Waals surface area contributed by atoms with E-state index in [1.165, 1.54) is 6.07 Å². The van der Waals surface area contributed by atoms with Crippen molar-refractivity contribution in [3.8, 4) is 5.75 Å². The van der Waals surface area contributed by atoms with Gasteiger partial charge in [0.25, 0.3) is 5.97 Å². The van der Waals surface area contributed by atoms with Gasteiger partial charge in [-0.15, -0.1) is 0 Å². The molecule has 0 aliphatic carbocycles. The summed E-state index contributed by atoms with van der Waals surface area (Å²) in [5, 5.41) is 17.0. The third kappa shape index (κ3) is 5.99. The van der Waals surface area contributed by atoms with Crippen molar-refractivity contribution >= 4 is 17.6 Å². The number of hydrogen-bond acceptors (Lipinski definition) is 2. The van der Waals surface area contributed by atoms with E-state index in [0.29, 0.717) is 5.02 Å². The number of aryl methyl sites for hydroxylation is 1. The van der Waals surface area contributed by atoms with E-state index < -0.39 is 5.97 Å². The highest BCUT2D eigenvalue weighted by atomic mass is 35.5. The molecule has 13 heavy (non-hydrogen) atoms. The van der Waals surface area contributed by atoms with E-state index in [0.717, 1.165) is 12.5 Å². The first kappa shape index (κ1) is 11.8. The molecule has 0 aliphatic heterocycles. The maximum atomic E-state index is 9.02. The molecular formula is C9H11ClO3. The fourth-order valence-electron chi connectivity index (χ4n) is 0.583. The Morgan fingerprint density at radius 1 is 1.46 bits per heavy atom. The van der Waals surface area contributed by atoms with Crippen LogP contribution in [0.4, 0.5) is 0 Å². The number of carboxylic acids is 1. The second-order valence-corrected chi connectivity index (χ2v) is 2.89. The number of carboxylic acid groups (broad SMARTS) is 1. The summed E-state index contributed by atoms with van der Waals surface area (Å²) < 4.78 is 0. The van der Waals surface area contributed by atoms with E-state index in [9.17, 15) is 0 Å². The largest absolute Gasteiger partial charge is 0.508 e. The zero-order chi connectivity index (χ0) is 10.4. The monoisotopic (exact) mass is 202 g/mol. The van der Waals surface area contributed by atoms with Crippen molar-refractivity contribution in [1.29, 1.82) is 0 Å². The number of phenolic OH excluding ortho intramolecular Hbond substituents is 1. The van der Waals surface area contributed by atoms with Crippen molar-refractivity contribution in [2.75, 3.05) is 0 Å². The Morgan fingerprint density at radius 3 is 2.23 bits per heavy atom. The van der Waals surface area contributed by atoms with E-state index in [-0.39, 0.29) is 5.75 Å². The van der Waals surface area contributed by atoms with Gasteiger partial charge in [0.1, 0.15) is 5.75 Å². The molecule has 1 aromatic carbocycles. The van der Waals surface area contributed by atoms with E-state index >= 15 is 0 Å². The van der Waals surface area contributed by atoms with Gasteiger partial charge in [0.05, 0.1) is 0 Å². The number of hydrogen-bond donors (Lipinski definition) is 2. The topological polar surface area (TPSA) is 57.5 Å². The van der Waals surface area contributed by atoms with Gasteiger partial charge in [0.15, 0.2) is 0 Å². The van der Waals surface area contributed by atoms with Gasteiger partial charge in [-0.3, -0.25) is 4.79 Å². The molecule has 3 nitrogen and oxygen atoms in total. The Labute approximate surface area is 81.6 Å². The Balaban J connectivity index is 0.000000310. The third-order valence-corrected chi connectivity index (χ3v) is 1.41. The third-order valence-electron chi connectivity index (χ3n) is 1.17. The smallest absolute Gasteiger partial charge is 0.300 e. The van der Waals surface area contributed by atoms with Crippen LogP contribution in [0.3, 0.4) is 0 Å². The van der Waals surface area contributed by atoms with E-state index in [1.807, 2.05) is 6.92 Å². The van der Waals surface area contributed by atoms with Gasteiger partial charge in [-0.25, -0.2) is 0 Å². The molecule has 0 aromatic heterocycles. The van der Waals surface area contributed by atoms with Crippen LogP contribution in [0.5, 0.6) is 5.75 Å². The van der Waals surface area contributed by atoms with Crippen LogP contribution in [0.1, 0.15) is 12.5 Å². The van der Waals surface area contributed by atoms with Gasteiger partial charge in [0, 0.05) is 11.9 Å². The lowest BCUT2D eigenvalue weighted by Gasteiger charge is -1.95. The number of aliphatic carboxylic acids is 1. The molecule has 0 heterocycles. The zero-order valence-electron chi connectivity index (χ0n) is 7.41. The predicted octanol–water partition coefficient (Wildman–Crippen LogP) is 2.44. The minimum atomic E-state index is -0.833. The molecule has 0 aliphatic rings. The highest BCUT2D eigenvalue weighted by molar-refractivity contribution is 6.30. The van der Waals surface area contributed by atoms with Crippen LogP contribution in [0.15, 0.2) is 18.2 Å². The number of aromatic hydroxyl groups is 1. The SMILES string of the molecule is CC(=O)O.Cc1ccc(Cl)cc1O. The van der Waals surface area contributed by atoms with Gasteiger partial charge >= 0.3 is 0 Å². The number of phenols is 1. The van der Waals surface area contributed by atoms with Crippen LogP contribution in [0, 0.1) is 6.92 Å². The lowest BCUT2D eigenvalue weighted by atomic mass is 10.2. The molecular weight excluding hydrogens is 192 g/mol. The second kappa shape index (κ2) is 5.43. The summed E-state index contributed by atoms with van der Waals surface area (Å²) >= 11 is 5.56. The molecule has 72 valence electrons. The van der Waals surface area contributed by atoms with Gasteiger partial charge in [-0.2, -0.15) is 0 Å². The maximum absolute atomic E-state index is 9.02. The summed E-state index contributed by atoms with van der Waals surface area (Å²) in [6.45, 7) is 2.91. The number of benzene rings is 1. The summed E-state index contributed by atoms with van der Waals surface area (Å²) in [6, 6.07) is 5.05. The van der Waals surface area contributed by atoms with Gasteiger partial charge in [-0.1, -0.05) is 17.7 Å². The quantitative estimate of drug-likeness (QED) is 0.680. The van der Waals surface area contributed by atoms with Crippen molar-refractivity contribution in [3.05, 3.63) is 28.8 Å². The molecule has 0 unspecified atom stereocenters. The first-order chi connectivity index (χ1) is 5.93. The summed E-state index contributed by atoms with van der Waals surface area (Å²) in [6.07, 6.45) is 0. The molecule has 1 aromatic rings. The lowest BCUT2D eigenvalue weighted by molar-refractivity contribution is -0.134. The number of rotatable bonds is 0. The Bertz CT molecular complexity index is 293. The molecule has 0 fully saturated rings. The van der Waals surface area contributed by atoms with Crippen molar-refractivity contribution < 1.29 is 15.0 Å². The number of halogens is 1. The Morgan fingerprint density at radius 2 is 1.92 bits per heavy atom.